The van der Waals surface area contributed by atoms with E-state index in [1.165, 1.54) is 5.48 Å². The van der Waals surface area contributed by atoms with Crippen LogP contribution in [-0.2, 0) is 4.79 Å². The molecule has 1 aromatic rings. The summed E-state index contributed by atoms with van der Waals surface area (Å²) < 4.78 is 0. The van der Waals surface area contributed by atoms with Crippen LogP contribution < -0.4 is 16.5 Å². The standard InChI is InChI=1S/C21H29N3O5/c1-20(2,22)17(19(27)24-29)23-18(26)16-7-5-14(6-8-16)3-4-15-9-11-21(28,13-25)12-10-15/h5-8,15,17,25,28-29H,9-13,22H2,1-2H3,(H,23,26)(H,24,27)/t15-,17-,21+/m1/s1. The van der Waals surface area contributed by atoms with Crippen molar-refractivity contribution in [2.45, 2.75) is 56.7 Å². The molecule has 29 heavy (non-hydrogen) atoms. The predicted octanol–water partition coefficient (Wildman–Crippen LogP) is 0.293. The zero-order valence-corrected chi connectivity index (χ0v) is 16.7. The van der Waals surface area contributed by atoms with Crippen molar-refractivity contribution in [1.29, 1.82) is 0 Å². The second-order valence-electron chi connectivity index (χ2n) is 8.21. The van der Waals surface area contributed by atoms with Gasteiger partial charge in [0, 0.05) is 22.6 Å². The molecule has 7 N–H and O–H groups in total. The van der Waals surface area contributed by atoms with Crippen LogP contribution in [0.5, 0.6) is 0 Å². The molecule has 1 atom stereocenters. The highest BCUT2D eigenvalue weighted by Gasteiger charge is 2.33. The molecule has 1 aromatic carbocycles. The summed E-state index contributed by atoms with van der Waals surface area (Å²) in [5.41, 5.74) is 6.45. The largest absolute Gasteiger partial charge is 0.393 e. The lowest BCUT2D eigenvalue weighted by Gasteiger charge is -2.32. The number of carbonyl (C=O) groups is 2. The van der Waals surface area contributed by atoms with Crippen LogP contribution in [0.3, 0.4) is 0 Å². The van der Waals surface area contributed by atoms with Gasteiger partial charge in [-0.05, 0) is 63.8 Å². The van der Waals surface area contributed by atoms with Crippen LogP contribution in [0.2, 0.25) is 0 Å². The van der Waals surface area contributed by atoms with E-state index in [-0.39, 0.29) is 12.5 Å². The van der Waals surface area contributed by atoms with Gasteiger partial charge in [0.2, 0.25) is 0 Å². The van der Waals surface area contributed by atoms with Gasteiger partial charge in [0.05, 0.1) is 12.2 Å². The number of nitrogens with two attached hydrogens (primary N) is 1. The molecular formula is C21H29N3O5. The van der Waals surface area contributed by atoms with Gasteiger partial charge < -0.3 is 21.3 Å². The first-order valence-electron chi connectivity index (χ1n) is 9.56. The maximum Gasteiger partial charge on any atom is 0.267 e. The number of aliphatic hydroxyl groups excluding tert-OH is 1. The predicted molar refractivity (Wildman–Crippen MR) is 107 cm³/mol. The molecule has 0 bridgehead atoms. The fourth-order valence-corrected chi connectivity index (χ4v) is 3.22. The molecule has 8 nitrogen and oxygen atoms in total. The summed E-state index contributed by atoms with van der Waals surface area (Å²) >= 11 is 0. The third kappa shape index (κ3) is 6.27. The number of hydrogen-bond donors (Lipinski definition) is 6. The summed E-state index contributed by atoms with van der Waals surface area (Å²) in [6.45, 7) is 2.91. The quantitative estimate of drug-likeness (QED) is 0.237. The highest BCUT2D eigenvalue weighted by Crippen LogP contribution is 2.31. The molecule has 0 radical (unpaired) electrons. The molecule has 8 heteroatoms. The Morgan fingerprint density at radius 2 is 1.86 bits per heavy atom. The van der Waals surface area contributed by atoms with E-state index in [0.29, 0.717) is 18.4 Å². The number of carbonyl (C=O) groups excluding carboxylic acids is 2. The Balaban J connectivity index is 2.00. The summed E-state index contributed by atoms with van der Waals surface area (Å²) in [5, 5.41) is 30.6. The van der Waals surface area contributed by atoms with Crippen LogP contribution >= 0.6 is 0 Å². The van der Waals surface area contributed by atoms with E-state index in [0.717, 1.165) is 18.4 Å². The van der Waals surface area contributed by atoms with Gasteiger partial charge in [-0.25, -0.2) is 5.48 Å². The second-order valence-corrected chi connectivity index (χ2v) is 8.21. The SMILES string of the molecule is CC(C)(N)[C@H](NC(=O)c1ccc(C#C[C@H]2CC[C@](O)(CO)CC2)cc1)C(=O)NO. The first-order chi connectivity index (χ1) is 13.6. The van der Waals surface area contributed by atoms with E-state index >= 15 is 0 Å². The zero-order valence-electron chi connectivity index (χ0n) is 16.7. The van der Waals surface area contributed by atoms with Gasteiger partial charge in [0.25, 0.3) is 11.8 Å². The molecule has 1 aliphatic rings. The van der Waals surface area contributed by atoms with Crippen molar-refractivity contribution in [2.75, 3.05) is 6.61 Å². The summed E-state index contributed by atoms with van der Waals surface area (Å²) in [5.74, 6) is 5.13. The highest BCUT2D eigenvalue weighted by molar-refractivity contribution is 5.97. The molecule has 0 spiro atoms. The molecule has 158 valence electrons. The van der Waals surface area contributed by atoms with Crippen molar-refractivity contribution in [3.8, 4) is 11.8 Å². The minimum absolute atomic E-state index is 0.161. The summed E-state index contributed by atoms with van der Waals surface area (Å²) in [6.07, 6.45) is 2.52. The molecule has 0 heterocycles. The molecular weight excluding hydrogens is 374 g/mol. The number of nitrogens with one attached hydrogen (secondary N) is 2. The van der Waals surface area contributed by atoms with Gasteiger partial charge in [-0.3, -0.25) is 14.8 Å². The fraction of sp³-hybridized carbons (Fsp3) is 0.524. The Bertz CT molecular complexity index is 781. The average Bonchev–Trinajstić information content (AvgIpc) is 2.70. The first kappa shape index (κ1) is 22.8. The van der Waals surface area contributed by atoms with Gasteiger partial charge in [-0.2, -0.15) is 0 Å². The molecule has 0 unspecified atom stereocenters. The number of aliphatic hydroxyl groups is 2. The Kier molecular flexibility index (Phi) is 7.38. The molecule has 1 saturated carbocycles. The zero-order chi connectivity index (χ0) is 21.7. The van der Waals surface area contributed by atoms with Crippen LogP contribution in [0.1, 0.15) is 55.5 Å². The number of rotatable bonds is 5. The van der Waals surface area contributed by atoms with Crippen LogP contribution in [0.25, 0.3) is 0 Å². The number of hydrogen-bond acceptors (Lipinski definition) is 6. The van der Waals surface area contributed by atoms with E-state index in [1.807, 2.05) is 0 Å². The normalized spacial score (nSPS) is 22.8. The minimum atomic E-state index is -1.11. The Hall–Kier alpha value is -2.44. The van der Waals surface area contributed by atoms with Gasteiger partial charge in [-0.1, -0.05) is 11.8 Å². The molecule has 1 fully saturated rings. The molecule has 0 aromatic heterocycles. The molecule has 1 aliphatic carbocycles. The third-order valence-electron chi connectivity index (χ3n) is 5.17. The fourth-order valence-electron chi connectivity index (χ4n) is 3.22. The van der Waals surface area contributed by atoms with Crippen LogP contribution in [0.4, 0.5) is 0 Å². The van der Waals surface area contributed by atoms with Crippen molar-refractivity contribution < 1.29 is 25.0 Å². The Morgan fingerprint density at radius 1 is 1.28 bits per heavy atom. The van der Waals surface area contributed by atoms with E-state index in [9.17, 15) is 19.8 Å². The second kappa shape index (κ2) is 9.37. The Labute approximate surface area is 170 Å². The van der Waals surface area contributed by atoms with Gasteiger partial charge in [0.1, 0.15) is 6.04 Å². The van der Waals surface area contributed by atoms with Gasteiger partial charge >= 0.3 is 0 Å². The maximum absolute atomic E-state index is 12.4. The number of amides is 2. The lowest BCUT2D eigenvalue weighted by atomic mass is 9.79. The molecule has 2 rings (SSSR count). The van der Waals surface area contributed by atoms with Gasteiger partial charge in [0.15, 0.2) is 0 Å². The van der Waals surface area contributed by atoms with Crippen LogP contribution in [0, 0.1) is 17.8 Å². The number of hydroxylamine groups is 1. The van der Waals surface area contributed by atoms with Crippen LogP contribution in [0.15, 0.2) is 24.3 Å². The Morgan fingerprint density at radius 3 is 2.34 bits per heavy atom. The van der Waals surface area contributed by atoms with E-state index in [2.05, 4.69) is 17.2 Å². The van der Waals surface area contributed by atoms with Crippen molar-refractivity contribution in [2.24, 2.45) is 11.7 Å². The maximum atomic E-state index is 12.4. The lowest BCUT2D eigenvalue weighted by molar-refractivity contribution is -0.132. The van der Waals surface area contributed by atoms with Crippen LogP contribution in [-0.4, -0.2) is 51.0 Å². The summed E-state index contributed by atoms with van der Waals surface area (Å²) in [4.78, 5) is 24.2. The van der Waals surface area contributed by atoms with Crippen molar-refractivity contribution in [3.05, 3.63) is 35.4 Å². The minimum Gasteiger partial charge on any atom is -0.393 e. The average molecular weight is 403 g/mol. The summed E-state index contributed by atoms with van der Waals surface area (Å²) in [6, 6.07) is 5.51. The molecule has 0 aliphatic heterocycles. The van der Waals surface area contributed by atoms with E-state index < -0.39 is 29.0 Å². The molecule has 2 amide bonds. The topological polar surface area (TPSA) is 145 Å². The molecule has 0 saturated heterocycles. The lowest BCUT2D eigenvalue weighted by Crippen LogP contribution is -2.61. The van der Waals surface area contributed by atoms with Crippen molar-refractivity contribution >= 4 is 11.8 Å². The monoisotopic (exact) mass is 403 g/mol. The highest BCUT2D eigenvalue weighted by atomic mass is 16.5. The van der Waals surface area contributed by atoms with Gasteiger partial charge in [-0.15, -0.1) is 0 Å². The van der Waals surface area contributed by atoms with Crippen molar-refractivity contribution in [3.63, 3.8) is 0 Å². The first-order valence-corrected chi connectivity index (χ1v) is 9.56. The smallest absolute Gasteiger partial charge is 0.267 e. The van der Waals surface area contributed by atoms with E-state index in [1.54, 1.807) is 38.1 Å². The summed E-state index contributed by atoms with van der Waals surface area (Å²) in [7, 11) is 0. The number of benzene rings is 1. The van der Waals surface area contributed by atoms with Crippen molar-refractivity contribution in [1.82, 2.24) is 10.8 Å². The third-order valence-corrected chi connectivity index (χ3v) is 5.17. The van der Waals surface area contributed by atoms with E-state index in [4.69, 9.17) is 10.9 Å².